The fourth-order valence-electron chi connectivity index (χ4n) is 4.63. The Bertz CT molecular complexity index is 1350. The fourth-order valence-corrected chi connectivity index (χ4v) is 4.63. The van der Waals surface area contributed by atoms with E-state index in [2.05, 4.69) is 25.8 Å². The lowest BCUT2D eigenvalue weighted by atomic mass is 10.1. The van der Waals surface area contributed by atoms with Gasteiger partial charge in [0.25, 0.3) is 5.91 Å². The van der Waals surface area contributed by atoms with Crippen molar-refractivity contribution < 1.29 is 27.8 Å². The van der Waals surface area contributed by atoms with E-state index < -0.39 is 17.7 Å². The van der Waals surface area contributed by atoms with Gasteiger partial charge in [0.1, 0.15) is 5.75 Å². The first-order valence-corrected chi connectivity index (χ1v) is 13.6. The maximum atomic E-state index is 13.5. The molecule has 0 unspecified atom stereocenters. The summed E-state index contributed by atoms with van der Waals surface area (Å²) in [6.45, 7) is 6.31. The lowest BCUT2D eigenvalue weighted by Gasteiger charge is -2.38. The van der Waals surface area contributed by atoms with Crippen molar-refractivity contribution in [2.45, 2.75) is 13.3 Å². The molecule has 41 heavy (non-hydrogen) atoms. The third kappa shape index (κ3) is 7.85. The van der Waals surface area contributed by atoms with Crippen molar-refractivity contribution in [3.8, 4) is 5.75 Å². The highest BCUT2D eigenvalue weighted by Gasteiger charge is 2.24. The standard InChI is InChI=1S/C30H35F2N5O4/c1-3-41-18-6-13-33-29(38)23-19-21(34-30(39)35-22-9-11-24(31)25(32)20-22)10-12-26(23)36-14-16-37(17-15-36)27-7-4-5-8-28(27)40-2/h4-5,7-12,19-20H,3,6,13-18H2,1-2H3,(H,33,38)(H2,34,35,39). The Morgan fingerprint density at radius 2 is 1.51 bits per heavy atom. The van der Waals surface area contributed by atoms with Gasteiger partial charge in [-0.15, -0.1) is 0 Å². The Morgan fingerprint density at radius 3 is 2.20 bits per heavy atom. The molecule has 1 saturated heterocycles. The number of amides is 3. The van der Waals surface area contributed by atoms with Gasteiger partial charge in [0.05, 0.1) is 18.4 Å². The van der Waals surface area contributed by atoms with E-state index in [0.29, 0.717) is 50.5 Å². The molecule has 0 atom stereocenters. The van der Waals surface area contributed by atoms with Gasteiger partial charge in [0.15, 0.2) is 11.6 Å². The monoisotopic (exact) mass is 567 g/mol. The number of nitrogens with one attached hydrogen (secondary N) is 3. The number of benzene rings is 3. The number of piperazine rings is 1. The topological polar surface area (TPSA) is 95.2 Å². The Morgan fingerprint density at radius 1 is 0.854 bits per heavy atom. The minimum absolute atomic E-state index is 0.0956. The molecule has 0 aromatic heterocycles. The molecule has 3 aromatic carbocycles. The zero-order valence-electron chi connectivity index (χ0n) is 23.2. The summed E-state index contributed by atoms with van der Waals surface area (Å²) in [6, 6.07) is 15.4. The molecule has 11 heteroatoms. The van der Waals surface area contributed by atoms with Gasteiger partial charge >= 0.3 is 6.03 Å². The van der Waals surface area contributed by atoms with Crippen LogP contribution in [0.1, 0.15) is 23.7 Å². The molecule has 218 valence electrons. The molecule has 1 aliphatic heterocycles. The Kier molecular flexibility index (Phi) is 10.3. The number of carbonyl (C=O) groups is 2. The van der Waals surface area contributed by atoms with Crippen molar-refractivity contribution in [3.63, 3.8) is 0 Å². The van der Waals surface area contributed by atoms with Crippen LogP contribution in [0.2, 0.25) is 0 Å². The average Bonchev–Trinajstić information content (AvgIpc) is 2.99. The molecule has 0 radical (unpaired) electrons. The smallest absolute Gasteiger partial charge is 0.323 e. The van der Waals surface area contributed by atoms with Gasteiger partial charge in [-0.05, 0) is 55.8 Å². The number of carbonyl (C=O) groups excluding carboxylic acids is 2. The van der Waals surface area contributed by atoms with Crippen molar-refractivity contribution in [2.24, 2.45) is 0 Å². The van der Waals surface area contributed by atoms with Crippen LogP contribution in [-0.4, -0.2) is 65.0 Å². The Balaban J connectivity index is 1.48. The summed E-state index contributed by atoms with van der Waals surface area (Å²) in [6.07, 6.45) is 0.668. The van der Waals surface area contributed by atoms with Crippen LogP contribution >= 0.6 is 0 Å². The molecule has 3 aromatic rings. The van der Waals surface area contributed by atoms with Gasteiger partial charge in [0, 0.05) is 69.1 Å². The van der Waals surface area contributed by atoms with E-state index in [1.165, 1.54) is 6.07 Å². The zero-order valence-corrected chi connectivity index (χ0v) is 23.2. The van der Waals surface area contributed by atoms with Gasteiger partial charge in [0.2, 0.25) is 0 Å². The molecule has 1 heterocycles. The number of hydrogen-bond acceptors (Lipinski definition) is 6. The summed E-state index contributed by atoms with van der Waals surface area (Å²) in [5.41, 5.74) is 2.66. The number of hydrogen-bond donors (Lipinski definition) is 3. The van der Waals surface area contributed by atoms with Crippen molar-refractivity contribution >= 4 is 34.7 Å². The Labute approximate surface area is 238 Å². The van der Waals surface area contributed by atoms with Gasteiger partial charge in [-0.1, -0.05) is 12.1 Å². The van der Waals surface area contributed by atoms with Crippen LogP contribution in [0.3, 0.4) is 0 Å². The molecule has 3 N–H and O–H groups in total. The van der Waals surface area contributed by atoms with E-state index in [0.717, 1.165) is 42.3 Å². The van der Waals surface area contributed by atoms with Crippen LogP contribution in [0.5, 0.6) is 5.75 Å². The number of urea groups is 1. The first kappa shape index (κ1) is 29.6. The third-order valence-electron chi connectivity index (χ3n) is 6.68. The van der Waals surface area contributed by atoms with Crippen LogP contribution in [0.25, 0.3) is 0 Å². The molecule has 0 bridgehead atoms. The summed E-state index contributed by atoms with van der Waals surface area (Å²) >= 11 is 0. The second-order valence-electron chi connectivity index (χ2n) is 9.39. The number of halogens is 2. The molecule has 0 saturated carbocycles. The number of nitrogens with zero attached hydrogens (tertiary/aromatic N) is 2. The minimum Gasteiger partial charge on any atom is -0.495 e. The van der Waals surface area contributed by atoms with Crippen LogP contribution in [0, 0.1) is 11.6 Å². The first-order chi connectivity index (χ1) is 19.9. The third-order valence-corrected chi connectivity index (χ3v) is 6.68. The summed E-state index contributed by atoms with van der Waals surface area (Å²) < 4.78 is 37.6. The quantitative estimate of drug-likeness (QED) is 0.279. The normalized spacial score (nSPS) is 13.1. The number of rotatable bonds is 11. The lowest BCUT2D eigenvalue weighted by Crippen LogP contribution is -2.47. The molecule has 4 rings (SSSR count). The summed E-state index contributed by atoms with van der Waals surface area (Å²) in [7, 11) is 1.65. The van der Waals surface area contributed by atoms with E-state index in [-0.39, 0.29) is 11.6 Å². The summed E-state index contributed by atoms with van der Waals surface area (Å²) in [4.78, 5) is 30.3. The molecule has 1 aliphatic rings. The second-order valence-corrected chi connectivity index (χ2v) is 9.39. The Hall–Kier alpha value is -4.38. The molecule has 1 fully saturated rings. The van der Waals surface area contributed by atoms with E-state index in [1.54, 1.807) is 25.3 Å². The van der Waals surface area contributed by atoms with Crippen molar-refractivity contribution in [3.05, 3.63) is 77.9 Å². The van der Waals surface area contributed by atoms with E-state index in [4.69, 9.17) is 9.47 Å². The molecular formula is C30H35F2N5O4. The van der Waals surface area contributed by atoms with Crippen molar-refractivity contribution in [2.75, 3.05) is 73.5 Å². The zero-order chi connectivity index (χ0) is 29.2. The van der Waals surface area contributed by atoms with Gasteiger partial charge in [-0.3, -0.25) is 4.79 Å². The molecular weight excluding hydrogens is 532 g/mol. The van der Waals surface area contributed by atoms with E-state index in [1.807, 2.05) is 31.2 Å². The molecule has 0 spiro atoms. The van der Waals surface area contributed by atoms with Gasteiger partial charge < -0.3 is 35.2 Å². The number of ether oxygens (including phenoxy) is 2. The highest BCUT2D eigenvalue weighted by atomic mass is 19.2. The highest BCUT2D eigenvalue weighted by molar-refractivity contribution is 6.04. The van der Waals surface area contributed by atoms with E-state index >= 15 is 0 Å². The number of para-hydroxylation sites is 2. The second kappa shape index (κ2) is 14.3. The minimum atomic E-state index is -1.07. The first-order valence-electron chi connectivity index (χ1n) is 13.6. The number of anilines is 4. The largest absolute Gasteiger partial charge is 0.495 e. The van der Waals surface area contributed by atoms with E-state index in [9.17, 15) is 18.4 Å². The summed E-state index contributed by atoms with van der Waals surface area (Å²) in [5, 5.41) is 8.08. The maximum absolute atomic E-state index is 13.5. The fraction of sp³-hybridized carbons (Fsp3) is 0.333. The van der Waals surface area contributed by atoms with Crippen molar-refractivity contribution in [1.82, 2.24) is 5.32 Å². The molecule has 0 aliphatic carbocycles. The van der Waals surface area contributed by atoms with Crippen molar-refractivity contribution in [1.29, 1.82) is 0 Å². The average molecular weight is 568 g/mol. The predicted molar refractivity (Wildman–Crippen MR) is 156 cm³/mol. The SMILES string of the molecule is CCOCCCNC(=O)c1cc(NC(=O)Nc2ccc(F)c(F)c2)ccc1N1CCN(c2ccccc2OC)CC1. The van der Waals surface area contributed by atoms with Gasteiger partial charge in [-0.2, -0.15) is 0 Å². The summed E-state index contributed by atoms with van der Waals surface area (Å²) in [5.74, 6) is -1.54. The number of methoxy groups -OCH3 is 1. The highest BCUT2D eigenvalue weighted by Crippen LogP contribution is 2.31. The molecule has 3 amide bonds. The van der Waals surface area contributed by atoms with Crippen LogP contribution in [0.15, 0.2) is 60.7 Å². The maximum Gasteiger partial charge on any atom is 0.323 e. The van der Waals surface area contributed by atoms with Gasteiger partial charge in [-0.25, -0.2) is 13.6 Å². The molecule has 9 nitrogen and oxygen atoms in total. The van der Waals surface area contributed by atoms with Crippen LogP contribution in [-0.2, 0) is 4.74 Å². The predicted octanol–water partition coefficient (Wildman–Crippen LogP) is 5.10. The lowest BCUT2D eigenvalue weighted by molar-refractivity contribution is 0.0944. The van der Waals surface area contributed by atoms with Crippen LogP contribution in [0.4, 0.5) is 36.3 Å². The van der Waals surface area contributed by atoms with Crippen LogP contribution < -0.4 is 30.5 Å².